The van der Waals surface area contributed by atoms with Gasteiger partial charge in [-0.05, 0) is 24.3 Å². The second kappa shape index (κ2) is 5.81. The molecule has 2 heterocycles. The number of carbonyl (C=O) groups excluding carboxylic acids is 1. The highest BCUT2D eigenvalue weighted by molar-refractivity contribution is 6.30. The summed E-state index contributed by atoms with van der Waals surface area (Å²) in [6.45, 7) is 0. The summed E-state index contributed by atoms with van der Waals surface area (Å²) in [6.07, 6.45) is 2.23. The smallest absolute Gasteiger partial charge is 0.228 e. The molecular weight excluding hydrogens is 298 g/mol. The SMILES string of the molecule is CN(C)C(=O)Cc1c(-c2ccc(Cl)cc2)nc2ccccn12. The van der Waals surface area contributed by atoms with Gasteiger partial charge >= 0.3 is 0 Å². The van der Waals surface area contributed by atoms with E-state index in [2.05, 4.69) is 4.98 Å². The molecule has 5 heteroatoms. The molecule has 0 unspecified atom stereocenters. The summed E-state index contributed by atoms with van der Waals surface area (Å²) in [5, 5.41) is 0.679. The van der Waals surface area contributed by atoms with Gasteiger partial charge in [0.15, 0.2) is 0 Å². The molecule has 112 valence electrons. The number of nitrogens with zero attached hydrogens (tertiary/aromatic N) is 3. The Morgan fingerprint density at radius 1 is 1.18 bits per heavy atom. The predicted octanol–water partition coefficient (Wildman–Crippen LogP) is 3.29. The lowest BCUT2D eigenvalue weighted by molar-refractivity contribution is -0.128. The zero-order valence-electron chi connectivity index (χ0n) is 12.5. The monoisotopic (exact) mass is 313 g/mol. The largest absolute Gasteiger partial charge is 0.348 e. The Kier molecular flexibility index (Phi) is 3.86. The quantitative estimate of drug-likeness (QED) is 0.744. The van der Waals surface area contributed by atoms with Crippen LogP contribution in [0.4, 0.5) is 0 Å². The number of amides is 1. The van der Waals surface area contributed by atoms with Crippen LogP contribution in [0.2, 0.25) is 5.02 Å². The van der Waals surface area contributed by atoms with Crippen LogP contribution in [0.5, 0.6) is 0 Å². The normalized spacial score (nSPS) is 10.9. The van der Waals surface area contributed by atoms with Crippen LogP contribution in [0, 0.1) is 0 Å². The molecule has 0 fully saturated rings. The molecule has 0 bridgehead atoms. The third-order valence-corrected chi connectivity index (χ3v) is 3.82. The van der Waals surface area contributed by atoms with Gasteiger partial charge in [0, 0.05) is 30.9 Å². The number of carbonyl (C=O) groups is 1. The zero-order valence-corrected chi connectivity index (χ0v) is 13.2. The number of likely N-dealkylation sites (N-methyl/N-ethyl adjacent to an activating group) is 1. The van der Waals surface area contributed by atoms with Crippen LogP contribution in [0.15, 0.2) is 48.7 Å². The van der Waals surface area contributed by atoms with Crippen LogP contribution in [0.3, 0.4) is 0 Å². The molecule has 0 saturated carbocycles. The van der Waals surface area contributed by atoms with Crippen LogP contribution in [0.25, 0.3) is 16.9 Å². The van der Waals surface area contributed by atoms with E-state index >= 15 is 0 Å². The van der Waals surface area contributed by atoms with Crippen LogP contribution in [-0.2, 0) is 11.2 Å². The molecule has 0 spiro atoms. The first kappa shape index (κ1) is 14.6. The van der Waals surface area contributed by atoms with Crippen molar-refractivity contribution in [2.24, 2.45) is 0 Å². The fraction of sp³-hybridized carbons (Fsp3) is 0.176. The lowest BCUT2D eigenvalue weighted by Gasteiger charge is -2.11. The molecule has 4 nitrogen and oxygen atoms in total. The molecule has 0 aliphatic heterocycles. The molecule has 3 rings (SSSR count). The number of hydrogen-bond donors (Lipinski definition) is 0. The summed E-state index contributed by atoms with van der Waals surface area (Å²) in [7, 11) is 3.51. The van der Waals surface area contributed by atoms with E-state index in [-0.39, 0.29) is 5.91 Å². The zero-order chi connectivity index (χ0) is 15.7. The average molecular weight is 314 g/mol. The second-order valence-electron chi connectivity index (χ2n) is 5.31. The van der Waals surface area contributed by atoms with Crippen molar-refractivity contribution < 1.29 is 4.79 Å². The number of aromatic nitrogens is 2. The first-order valence-corrected chi connectivity index (χ1v) is 7.36. The Bertz CT molecular complexity index is 822. The summed E-state index contributed by atoms with van der Waals surface area (Å²) >= 11 is 5.96. The summed E-state index contributed by atoms with van der Waals surface area (Å²) in [5.74, 6) is 0.0425. The van der Waals surface area contributed by atoms with Crippen molar-refractivity contribution in [1.29, 1.82) is 0 Å². The van der Waals surface area contributed by atoms with Crippen molar-refractivity contribution in [3.63, 3.8) is 0 Å². The Hall–Kier alpha value is -2.33. The summed E-state index contributed by atoms with van der Waals surface area (Å²) in [6, 6.07) is 13.3. The van der Waals surface area contributed by atoms with Gasteiger partial charge in [0.1, 0.15) is 5.65 Å². The Balaban J connectivity index is 2.16. The third kappa shape index (κ3) is 2.70. The van der Waals surface area contributed by atoms with E-state index in [1.54, 1.807) is 19.0 Å². The predicted molar refractivity (Wildman–Crippen MR) is 88.0 cm³/mol. The molecule has 22 heavy (non-hydrogen) atoms. The number of fused-ring (bicyclic) bond motifs is 1. The highest BCUT2D eigenvalue weighted by atomic mass is 35.5. The molecule has 0 aliphatic carbocycles. The van der Waals surface area contributed by atoms with Crippen LogP contribution >= 0.6 is 11.6 Å². The van der Waals surface area contributed by atoms with Crippen molar-refractivity contribution in [2.45, 2.75) is 6.42 Å². The second-order valence-corrected chi connectivity index (χ2v) is 5.74. The van der Waals surface area contributed by atoms with Crippen molar-refractivity contribution in [2.75, 3.05) is 14.1 Å². The van der Waals surface area contributed by atoms with Crippen LogP contribution in [-0.4, -0.2) is 34.3 Å². The van der Waals surface area contributed by atoms with E-state index in [4.69, 9.17) is 11.6 Å². The lowest BCUT2D eigenvalue weighted by atomic mass is 10.1. The molecule has 0 radical (unpaired) electrons. The fourth-order valence-corrected chi connectivity index (χ4v) is 2.48. The lowest BCUT2D eigenvalue weighted by Crippen LogP contribution is -2.24. The van der Waals surface area contributed by atoms with E-state index < -0.39 is 0 Å². The van der Waals surface area contributed by atoms with Gasteiger partial charge in [-0.1, -0.05) is 29.8 Å². The minimum atomic E-state index is 0.0425. The number of imidazole rings is 1. The van der Waals surface area contributed by atoms with Crippen molar-refractivity contribution in [1.82, 2.24) is 14.3 Å². The fourth-order valence-electron chi connectivity index (χ4n) is 2.36. The average Bonchev–Trinajstić information content (AvgIpc) is 2.87. The van der Waals surface area contributed by atoms with Crippen molar-refractivity contribution >= 4 is 23.2 Å². The third-order valence-electron chi connectivity index (χ3n) is 3.56. The van der Waals surface area contributed by atoms with Crippen molar-refractivity contribution in [3.05, 3.63) is 59.4 Å². The molecule has 1 aromatic carbocycles. The maximum Gasteiger partial charge on any atom is 0.228 e. The van der Waals surface area contributed by atoms with E-state index in [0.717, 1.165) is 22.6 Å². The van der Waals surface area contributed by atoms with Gasteiger partial charge in [0.2, 0.25) is 5.91 Å². The van der Waals surface area contributed by atoms with E-state index in [9.17, 15) is 4.79 Å². The number of pyridine rings is 1. The van der Waals surface area contributed by atoms with E-state index in [1.807, 2.05) is 53.1 Å². The number of halogens is 1. The maximum atomic E-state index is 12.2. The minimum Gasteiger partial charge on any atom is -0.348 e. The molecule has 0 saturated heterocycles. The molecule has 0 aliphatic rings. The Morgan fingerprint density at radius 3 is 2.59 bits per heavy atom. The number of hydrogen-bond acceptors (Lipinski definition) is 2. The Morgan fingerprint density at radius 2 is 1.91 bits per heavy atom. The maximum absolute atomic E-state index is 12.2. The highest BCUT2D eigenvalue weighted by Gasteiger charge is 2.17. The Labute approximate surface area is 134 Å². The van der Waals surface area contributed by atoms with Crippen LogP contribution in [0.1, 0.15) is 5.69 Å². The van der Waals surface area contributed by atoms with Crippen LogP contribution < -0.4 is 0 Å². The molecular formula is C17H16ClN3O. The first-order chi connectivity index (χ1) is 10.6. The van der Waals surface area contributed by atoms with Gasteiger partial charge in [0.05, 0.1) is 17.8 Å². The molecule has 2 aromatic heterocycles. The summed E-state index contributed by atoms with van der Waals surface area (Å²) < 4.78 is 1.96. The van der Waals surface area contributed by atoms with E-state index in [0.29, 0.717) is 11.4 Å². The highest BCUT2D eigenvalue weighted by Crippen LogP contribution is 2.26. The number of benzene rings is 1. The van der Waals surface area contributed by atoms with Gasteiger partial charge in [-0.15, -0.1) is 0 Å². The minimum absolute atomic E-state index is 0.0425. The van der Waals surface area contributed by atoms with Crippen molar-refractivity contribution in [3.8, 4) is 11.3 Å². The summed E-state index contributed by atoms with van der Waals surface area (Å²) in [5.41, 5.74) is 3.48. The standard InChI is InChI=1S/C17H16ClN3O/c1-20(2)16(22)11-14-17(12-6-8-13(18)9-7-12)19-15-5-3-4-10-21(14)15/h3-10H,11H2,1-2H3. The molecule has 1 amide bonds. The van der Waals surface area contributed by atoms with Gasteiger partial charge in [-0.25, -0.2) is 4.98 Å². The molecule has 3 aromatic rings. The number of rotatable bonds is 3. The van der Waals surface area contributed by atoms with Gasteiger partial charge in [-0.3, -0.25) is 4.79 Å². The van der Waals surface area contributed by atoms with E-state index in [1.165, 1.54) is 0 Å². The summed E-state index contributed by atoms with van der Waals surface area (Å²) in [4.78, 5) is 18.4. The topological polar surface area (TPSA) is 37.6 Å². The molecule has 0 N–H and O–H groups in total. The molecule has 0 atom stereocenters. The van der Waals surface area contributed by atoms with Gasteiger partial charge in [-0.2, -0.15) is 0 Å². The van der Waals surface area contributed by atoms with Gasteiger partial charge < -0.3 is 9.30 Å². The first-order valence-electron chi connectivity index (χ1n) is 6.98. The van der Waals surface area contributed by atoms with Gasteiger partial charge in [0.25, 0.3) is 0 Å².